The molecular formula is C3H4N4O2. The van der Waals surface area contributed by atoms with E-state index in [9.17, 15) is 4.79 Å². The van der Waals surface area contributed by atoms with E-state index in [1.165, 1.54) is 7.11 Å². The van der Waals surface area contributed by atoms with E-state index >= 15 is 0 Å². The van der Waals surface area contributed by atoms with Crippen molar-refractivity contribution in [1.29, 1.82) is 0 Å². The minimum atomic E-state index is -0.597. The zero-order chi connectivity index (χ0) is 6.69. The highest BCUT2D eigenvalue weighted by Gasteiger charge is 2.01. The van der Waals surface area contributed by atoms with Crippen LogP contribution in [0.5, 0.6) is 0 Å². The van der Waals surface area contributed by atoms with Crippen LogP contribution >= 0.6 is 0 Å². The van der Waals surface area contributed by atoms with Crippen LogP contribution < -0.4 is 0 Å². The van der Waals surface area contributed by atoms with Crippen LogP contribution in [0.15, 0.2) is 6.33 Å². The minimum absolute atomic E-state index is 0.597. The first-order chi connectivity index (χ1) is 4.34. The number of rotatable bonds is 0. The van der Waals surface area contributed by atoms with Gasteiger partial charge in [-0.15, -0.1) is 9.78 Å². The molecule has 0 amide bonds. The molecule has 0 saturated heterocycles. The molecule has 0 spiro atoms. The minimum Gasteiger partial charge on any atom is -0.451 e. The van der Waals surface area contributed by atoms with E-state index < -0.39 is 6.09 Å². The number of carbonyl (C=O) groups excluding carboxylic acids is 1. The summed E-state index contributed by atoms with van der Waals surface area (Å²) >= 11 is 0. The number of methoxy groups -OCH3 is 1. The van der Waals surface area contributed by atoms with Gasteiger partial charge in [0.1, 0.15) is 0 Å². The summed E-state index contributed by atoms with van der Waals surface area (Å²) in [5, 5.41) is 9.71. The van der Waals surface area contributed by atoms with Gasteiger partial charge >= 0.3 is 6.09 Å². The number of aromatic nitrogens is 4. The monoisotopic (exact) mass is 128 g/mol. The number of hydrogen-bond acceptors (Lipinski definition) is 5. The Bertz CT molecular complexity index is 194. The van der Waals surface area contributed by atoms with Crippen molar-refractivity contribution in [2.75, 3.05) is 7.11 Å². The van der Waals surface area contributed by atoms with E-state index in [4.69, 9.17) is 0 Å². The lowest BCUT2D eigenvalue weighted by molar-refractivity contribution is 0.168. The summed E-state index contributed by atoms with van der Waals surface area (Å²) in [6.07, 6.45) is 0.561. The first-order valence-electron chi connectivity index (χ1n) is 2.16. The Morgan fingerprint density at radius 3 is 3.00 bits per heavy atom. The fraction of sp³-hybridized carbons (Fsp3) is 0.333. The van der Waals surface area contributed by atoms with E-state index in [0.717, 1.165) is 11.0 Å². The molecule has 1 rings (SSSR count). The average molecular weight is 128 g/mol. The molecule has 1 aromatic rings. The van der Waals surface area contributed by atoms with Gasteiger partial charge in [0, 0.05) is 0 Å². The summed E-state index contributed by atoms with van der Waals surface area (Å²) < 4.78 is 5.16. The molecule has 0 aliphatic rings. The molecule has 0 saturated carbocycles. The molecule has 0 radical (unpaired) electrons. The maximum absolute atomic E-state index is 10.5. The topological polar surface area (TPSA) is 69.9 Å². The summed E-state index contributed by atoms with van der Waals surface area (Å²) in [5.41, 5.74) is 0. The fourth-order valence-corrected chi connectivity index (χ4v) is 0.338. The molecular weight excluding hydrogens is 124 g/mol. The van der Waals surface area contributed by atoms with E-state index in [1.807, 2.05) is 0 Å². The molecule has 0 unspecified atom stereocenters. The van der Waals surface area contributed by atoms with Gasteiger partial charge in [-0.1, -0.05) is 0 Å². The highest BCUT2D eigenvalue weighted by atomic mass is 16.5. The van der Waals surface area contributed by atoms with Crippen molar-refractivity contribution in [3.05, 3.63) is 6.33 Å². The van der Waals surface area contributed by atoms with Crippen molar-refractivity contribution < 1.29 is 9.53 Å². The highest BCUT2D eigenvalue weighted by molar-refractivity contribution is 5.68. The second-order valence-electron chi connectivity index (χ2n) is 1.22. The van der Waals surface area contributed by atoms with Crippen molar-refractivity contribution in [2.24, 2.45) is 0 Å². The number of ether oxygens (including phenoxy) is 1. The van der Waals surface area contributed by atoms with Crippen LogP contribution in [0.1, 0.15) is 0 Å². The van der Waals surface area contributed by atoms with Gasteiger partial charge in [-0.05, 0) is 10.4 Å². The van der Waals surface area contributed by atoms with Gasteiger partial charge in [0.2, 0.25) is 0 Å². The molecule has 9 heavy (non-hydrogen) atoms. The third-order valence-electron chi connectivity index (χ3n) is 0.711. The van der Waals surface area contributed by atoms with Crippen molar-refractivity contribution >= 4 is 6.09 Å². The predicted molar refractivity (Wildman–Crippen MR) is 25.6 cm³/mol. The summed E-state index contributed by atoms with van der Waals surface area (Å²) in [4.78, 5) is 10.5. The summed E-state index contributed by atoms with van der Waals surface area (Å²) in [7, 11) is 1.25. The molecule has 1 aromatic heterocycles. The van der Waals surface area contributed by atoms with Gasteiger partial charge in [0.15, 0.2) is 6.33 Å². The van der Waals surface area contributed by atoms with Gasteiger partial charge in [-0.3, -0.25) is 0 Å². The van der Waals surface area contributed by atoms with E-state index in [-0.39, 0.29) is 0 Å². The quantitative estimate of drug-likeness (QED) is 0.431. The van der Waals surface area contributed by atoms with E-state index in [1.54, 1.807) is 0 Å². The zero-order valence-electron chi connectivity index (χ0n) is 4.68. The molecule has 0 aromatic carbocycles. The van der Waals surface area contributed by atoms with E-state index in [2.05, 4.69) is 20.3 Å². The molecule has 0 bridgehead atoms. The third kappa shape index (κ3) is 1.01. The SMILES string of the molecule is COC(=O)n1cnnn1. The highest BCUT2D eigenvalue weighted by Crippen LogP contribution is 1.78. The van der Waals surface area contributed by atoms with Crippen LogP contribution in [0.4, 0.5) is 4.79 Å². The number of nitrogens with zero attached hydrogens (tertiary/aromatic N) is 4. The Labute approximate surface area is 50.4 Å². The first kappa shape index (κ1) is 5.67. The Balaban J connectivity index is 2.77. The van der Waals surface area contributed by atoms with Crippen molar-refractivity contribution in [1.82, 2.24) is 20.2 Å². The van der Waals surface area contributed by atoms with Crippen molar-refractivity contribution in [3.8, 4) is 0 Å². The smallest absolute Gasteiger partial charge is 0.437 e. The fourth-order valence-electron chi connectivity index (χ4n) is 0.338. The lowest BCUT2D eigenvalue weighted by Crippen LogP contribution is -2.11. The summed E-state index contributed by atoms with van der Waals surface area (Å²) in [6.45, 7) is 0. The number of tetrazole rings is 1. The molecule has 0 aliphatic heterocycles. The second kappa shape index (κ2) is 2.21. The molecule has 0 aliphatic carbocycles. The first-order valence-corrected chi connectivity index (χ1v) is 2.16. The number of hydrogen-bond donors (Lipinski definition) is 0. The average Bonchev–Trinajstić information content (AvgIpc) is 2.37. The van der Waals surface area contributed by atoms with Gasteiger partial charge in [0.05, 0.1) is 7.11 Å². The maximum Gasteiger partial charge on any atom is 0.437 e. The van der Waals surface area contributed by atoms with Crippen LogP contribution in [0.3, 0.4) is 0 Å². The molecule has 0 N–H and O–H groups in total. The van der Waals surface area contributed by atoms with Crippen LogP contribution in [0, 0.1) is 0 Å². The summed E-state index contributed by atoms with van der Waals surface area (Å²) in [6, 6.07) is 0. The third-order valence-corrected chi connectivity index (χ3v) is 0.711. The number of carbonyl (C=O) groups is 1. The molecule has 6 heteroatoms. The summed E-state index contributed by atoms with van der Waals surface area (Å²) in [5.74, 6) is 0. The van der Waals surface area contributed by atoms with Crippen LogP contribution in [-0.2, 0) is 4.74 Å². The largest absolute Gasteiger partial charge is 0.451 e. The van der Waals surface area contributed by atoms with Crippen molar-refractivity contribution in [2.45, 2.75) is 0 Å². The lowest BCUT2D eigenvalue weighted by atomic mass is 11.1. The van der Waals surface area contributed by atoms with Crippen molar-refractivity contribution in [3.63, 3.8) is 0 Å². The molecule has 1 heterocycles. The zero-order valence-corrected chi connectivity index (χ0v) is 4.68. The van der Waals surface area contributed by atoms with Crippen LogP contribution in [0.25, 0.3) is 0 Å². The molecule has 48 valence electrons. The second-order valence-corrected chi connectivity index (χ2v) is 1.22. The standard InChI is InChI=1S/C3H4N4O2/c1-9-3(8)7-2-4-5-6-7/h2H,1H3. The van der Waals surface area contributed by atoms with Gasteiger partial charge < -0.3 is 4.74 Å². The lowest BCUT2D eigenvalue weighted by Gasteiger charge is -1.91. The molecule has 0 fully saturated rings. The molecule has 0 atom stereocenters. The Morgan fingerprint density at radius 1 is 1.78 bits per heavy atom. The molecule has 6 nitrogen and oxygen atoms in total. The predicted octanol–water partition coefficient (Wildman–Crippen LogP) is -0.712. The van der Waals surface area contributed by atoms with Crippen LogP contribution in [0.2, 0.25) is 0 Å². The Hall–Kier alpha value is -1.46. The Morgan fingerprint density at radius 2 is 2.56 bits per heavy atom. The maximum atomic E-state index is 10.5. The van der Waals surface area contributed by atoms with Crippen LogP contribution in [-0.4, -0.2) is 33.4 Å². The van der Waals surface area contributed by atoms with E-state index in [0.29, 0.717) is 0 Å². The van der Waals surface area contributed by atoms with Gasteiger partial charge in [-0.2, -0.15) is 0 Å². The normalized spacial score (nSPS) is 9.00. The van der Waals surface area contributed by atoms with Gasteiger partial charge in [0.25, 0.3) is 0 Å². The van der Waals surface area contributed by atoms with Gasteiger partial charge in [-0.25, -0.2) is 4.79 Å². The Kier molecular flexibility index (Phi) is 1.39.